The lowest BCUT2D eigenvalue weighted by Crippen LogP contribution is -2.46. The van der Waals surface area contributed by atoms with Crippen molar-refractivity contribution in [3.63, 3.8) is 0 Å². The predicted molar refractivity (Wildman–Crippen MR) is 107 cm³/mol. The summed E-state index contributed by atoms with van der Waals surface area (Å²) in [4.78, 5) is 14.5. The van der Waals surface area contributed by atoms with Gasteiger partial charge in [-0.05, 0) is 54.6 Å². The number of rotatable bonds is 5. The number of nitrogens with zero attached hydrogens (tertiary/aromatic N) is 3. The van der Waals surface area contributed by atoms with Gasteiger partial charge in [0.2, 0.25) is 10.0 Å². The van der Waals surface area contributed by atoms with Gasteiger partial charge in [0, 0.05) is 37.1 Å². The molecule has 0 radical (unpaired) electrons. The lowest BCUT2D eigenvalue weighted by Gasteiger charge is -2.32. The number of hydrogen-bond donors (Lipinski definition) is 1. The molecule has 7 nitrogen and oxygen atoms in total. The van der Waals surface area contributed by atoms with E-state index in [1.165, 1.54) is 11.3 Å². The van der Waals surface area contributed by atoms with E-state index in [2.05, 4.69) is 9.82 Å². The molecule has 0 atom stereocenters. The van der Waals surface area contributed by atoms with Crippen LogP contribution in [0.25, 0.3) is 5.69 Å². The Morgan fingerprint density at radius 3 is 2.46 bits per heavy atom. The first kappa shape index (κ1) is 18.9. The van der Waals surface area contributed by atoms with E-state index in [0.29, 0.717) is 35.7 Å². The normalized spacial score (nSPS) is 15.6. The van der Waals surface area contributed by atoms with E-state index in [1.54, 1.807) is 45.4 Å². The highest BCUT2D eigenvalue weighted by Crippen LogP contribution is 2.20. The molecule has 0 bridgehead atoms. The third kappa shape index (κ3) is 4.01. The Hall–Kier alpha value is -2.49. The number of thiophene rings is 1. The summed E-state index contributed by atoms with van der Waals surface area (Å²) in [5.41, 5.74) is 1.51. The summed E-state index contributed by atoms with van der Waals surface area (Å²) >= 11 is 1.20. The molecule has 0 spiro atoms. The van der Waals surface area contributed by atoms with Gasteiger partial charge in [-0.2, -0.15) is 5.10 Å². The number of nitrogens with one attached hydrogen (secondary N) is 1. The highest BCUT2D eigenvalue weighted by Gasteiger charge is 2.27. The Bertz CT molecular complexity index is 1020. The summed E-state index contributed by atoms with van der Waals surface area (Å²) in [5, 5.41) is 5.92. The van der Waals surface area contributed by atoms with Gasteiger partial charge in [-0.1, -0.05) is 6.07 Å². The number of aromatic nitrogens is 2. The smallest absolute Gasteiger partial charge is 0.253 e. The molecule has 1 aliphatic rings. The third-order valence-corrected chi connectivity index (χ3v) is 7.67. The van der Waals surface area contributed by atoms with E-state index >= 15 is 0 Å². The molecule has 3 heterocycles. The molecular formula is C19H20N4O3S2. The minimum atomic E-state index is -3.48. The maximum Gasteiger partial charge on any atom is 0.253 e. The lowest BCUT2D eigenvalue weighted by molar-refractivity contribution is 0.0711. The van der Waals surface area contributed by atoms with Crippen LogP contribution in [0.15, 0.2) is 64.4 Å². The topological polar surface area (TPSA) is 84.3 Å². The number of sulfonamides is 1. The van der Waals surface area contributed by atoms with Crippen molar-refractivity contribution in [3.05, 3.63) is 65.8 Å². The Morgan fingerprint density at radius 1 is 1.11 bits per heavy atom. The Labute approximate surface area is 167 Å². The zero-order chi connectivity index (χ0) is 19.6. The van der Waals surface area contributed by atoms with Crippen molar-refractivity contribution in [2.45, 2.75) is 23.1 Å². The van der Waals surface area contributed by atoms with E-state index in [4.69, 9.17) is 0 Å². The fraction of sp³-hybridized carbons (Fsp3) is 0.263. The third-order valence-electron chi connectivity index (χ3n) is 4.75. The molecule has 9 heteroatoms. The van der Waals surface area contributed by atoms with Crippen LogP contribution in [0.4, 0.5) is 0 Å². The lowest BCUT2D eigenvalue weighted by atomic mass is 10.0. The summed E-state index contributed by atoms with van der Waals surface area (Å²) in [6.45, 7) is 1.05. The zero-order valence-electron chi connectivity index (χ0n) is 15.1. The SMILES string of the molecule is O=C(c1ccc(-n2cccn2)cc1)N1CCC(NS(=O)(=O)c2cccs2)CC1. The number of carbonyl (C=O) groups is 1. The van der Waals surface area contributed by atoms with Crippen molar-refractivity contribution in [3.8, 4) is 5.69 Å². The highest BCUT2D eigenvalue weighted by atomic mass is 32.2. The van der Waals surface area contributed by atoms with Crippen LogP contribution in [0.3, 0.4) is 0 Å². The number of piperidine rings is 1. The van der Waals surface area contributed by atoms with Crippen LogP contribution in [0.2, 0.25) is 0 Å². The van der Waals surface area contributed by atoms with Gasteiger partial charge in [-0.3, -0.25) is 4.79 Å². The molecule has 1 fully saturated rings. The van der Waals surface area contributed by atoms with Crippen LogP contribution < -0.4 is 4.72 Å². The summed E-state index contributed by atoms with van der Waals surface area (Å²) in [6.07, 6.45) is 4.75. The van der Waals surface area contributed by atoms with Gasteiger partial charge in [0.25, 0.3) is 5.91 Å². The van der Waals surface area contributed by atoms with E-state index < -0.39 is 10.0 Å². The summed E-state index contributed by atoms with van der Waals surface area (Å²) in [7, 11) is -3.48. The average molecular weight is 417 g/mol. The number of amides is 1. The van der Waals surface area contributed by atoms with Gasteiger partial charge in [0.15, 0.2) is 0 Å². The molecule has 0 saturated carbocycles. The molecule has 28 heavy (non-hydrogen) atoms. The van der Waals surface area contributed by atoms with Crippen LogP contribution in [0, 0.1) is 0 Å². The maximum atomic E-state index is 12.7. The van der Waals surface area contributed by atoms with Crippen molar-refractivity contribution in [1.29, 1.82) is 0 Å². The zero-order valence-corrected chi connectivity index (χ0v) is 16.7. The highest BCUT2D eigenvalue weighted by molar-refractivity contribution is 7.91. The maximum absolute atomic E-state index is 12.7. The van der Waals surface area contributed by atoms with Gasteiger partial charge in [-0.15, -0.1) is 11.3 Å². The first-order chi connectivity index (χ1) is 13.5. The first-order valence-electron chi connectivity index (χ1n) is 8.98. The van der Waals surface area contributed by atoms with Crippen LogP contribution in [-0.2, 0) is 10.0 Å². The van der Waals surface area contributed by atoms with Crippen molar-refractivity contribution in [2.24, 2.45) is 0 Å². The van der Waals surface area contributed by atoms with Crippen molar-refractivity contribution in [1.82, 2.24) is 19.4 Å². The van der Waals surface area contributed by atoms with Crippen LogP contribution in [0.1, 0.15) is 23.2 Å². The van der Waals surface area contributed by atoms with E-state index in [0.717, 1.165) is 5.69 Å². The molecule has 1 aliphatic heterocycles. The fourth-order valence-electron chi connectivity index (χ4n) is 3.26. The van der Waals surface area contributed by atoms with Crippen molar-refractivity contribution in [2.75, 3.05) is 13.1 Å². The molecule has 3 aromatic rings. The largest absolute Gasteiger partial charge is 0.339 e. The summed E-state index contributed by atoms with van der Waals surface area (Å²) in [5.74, 6) is -0.0356. The molecule has 1 N–H and O–H groups in total. The second-order valence-corrected chi connectivity index (χ2v) is 9.51. The van der Waals surface area contributed by atoms with Crippen molar-refractivity contribution >= 4 is 27.3 Å². The fourth-order valence-corrected chi connectivity index (χ4v) is 5.57. The molecule has 0 aliphatic carbocycles. The summed E-state index contributed by atoms with van der Waals surface area (Å²) in [6, 6.07) is 12.3. The molecule has 1 amide bonds. The van der Waals surface area contributed by atoms with Gasteiger partial charge in [0.05, 0.1) is 5.69 Å². The molecule has 146 valence electrons. The van der Waals surface area contributed by atoms with Crippen molar-refractivity contribution < 1.29 is 13.2 Å². The first-order valence-corrected chi connectivity index (χ1v) is 11.3. The van der Waals surface area contributed by atoms with Gasteiger partial charge in [-0.25, -0.2) is 17.8 Å². The molecule has 2 aromatic heterocycles. The second kappa shape index (κ2) is 7.86. The van der Waals surface area contributed by atoms with E-state index in [9.17, 15) is 13.2 Å². The average Bonchev–Trinajstić information content (AvgIpc) is 3.42. The van der Waals surface area contributed by atoms with E-state index in [1.807, 2.05) is 24.4 Å². The van der Waals surface area contributed by atoms with Crippen LogP contribution in [-0.4, -0.2) is 48.1 Å². The van der Waals surface area contributed by atoms with Gasteiger partial charge >= 0.3 is 0 Å². The van der Waals surface area contributed by atoms with Gasteiger partial charge in [0.1, 0.15) is 4.21 Å². The molecule has 1 saturated heterocycles. The number of hydrogen-bond acceptors (Lipinski definition) is 5. The Kier molecular flexibility index (Phi) is 5.29. The van der Waals surface area contributed by atoms with Crippen LogP contribution >= 0.6 is 11.3 Å². The Morgan fingerprint density at radius 2 is 1.86 bits per heavy atom. The number of likely N-dealkylation sites (tertiary alicyclic amines) is 1. The summed E-state index contributed by atoms with van der Waals surface area (Å²) < 4.78 is 29.5. The van der Waals surface area contributed by atoms with Crippen LogP contribution in [0.5, 0.6) is 0 Å². The monoisotopic (exact) mass is 416 g/mol. The minimum Gasteiger partial charge on any atom is -0.339 e. The number of benzene rings is 1. The standard InChI is InChI=1S/C19H20N4O3S2/c24-19(15-4-6-17(7-5-15)23-11-2-10-20-23)22-12-8-16(9-13-22)21-28(25,26)18-3-1-14-27-18/h1-7,10-11,14,16,21H,8-9,12-13H2. The second-order valence-electron chi connectivity index (χ2n) is 6.62. The molecule has 1 aromatic carbocycles. The predicted octanol–water partition coefficient (Wildman–Crippen LogP) is 2.52. The molecule has 4 rings (SSSR count). The molecule has 0 unspecified atom stereocenters. The minimum absolute atomic E-state index is 0.0356. The number of carbonyl (C=O) groups excluding carboxylic acids is 1. The Balaban J connectivity index is 1.35. The quantitative estimate of drug-likeness (QED) is 0.693. The van der Waals surface area contributed by atoms with Gasteiger partial charge < -0.3 is 4.90 Å². The molecular weight excluding hydrogens is 396 g/mol. The van der Waals surface area contributed by atoms with E-state index in [-0.39, 0.29) is 11.9 Å².